The summed E-state index contributed by atoms with van der Waals surface area (Å²) in [6.45, 7) is 4.30. The van der Waals surface area contributed by atoms with Crippen molar-refractivity contribution in [3.05, 3.63) is 29.8 Å². The molecule has 0 aromatic heterocycles. The van der Waals surface area contributed by atoms with Gasteiger partial charge in [0.2, 0.25) is 0 Å². The second kappa shape index (κ2) is 12.5. The van der Waals surface area contributed by atoms with Crippen LogP contribution in [-0.2, 0) is 9.22 Å². The van der Waals surface area contributed by atoms with Crippen molar-refractivity contribution in [2.75, 3.05) is 0 Å². The number of carbonyl (C=O) groups is 1. The molecule has 0 aliphatic heterocycles. The number of aryl methyl sites for hydroxylation is 1. The Morgan fingerprint density at radius 1 is 0.955 bits per heavy atom. The molecule has 1 aromatic rings. The van der Waals surface area contributed by atoms with Crippen LogP contribution in [0.15, 0.2) is 24.3 Å². The van der Waals surface area contributed by atoms with Crippen molar-refractivity contribution in [3.63, 3.8) is 0 Å². The smallest absolute Gasteiger partial charge is 0.355 e. The second-order valence-electron chi connectivity index (χ2n) is 5.97. The van der Waals surface area contributed by atoms with Gasteiger partial charge in [0.15, 0.2) is 0 Å². The van der Waals surface area contributed by atoms with E-state index >= 15 is 0 Å². The molecule has 0 fully saturated rings. The van der Waals surface area contributed by atoms with Crippen LogP contribution >= 0.6 is 0 Å². The zero-order valence-corrected chi connectivity index (χ0v) is 15.2. The molecule has 1 aromatic carbocycles. The summed E-state index contributed by atoms with van der Waals surface area (Å²) < 4.78 is 5.37. The molecule has 0 amide bonds. The van der Waals surface area contributed by atoms with Gasteiger partial charge in [0.25, 0.3) is 5.97 Å². The predicted molar refractivity (Wildman–Crippen MR) is 94.5 cm³/mol. The van der Waals surface area contributed by atoms with Gasteiger partial charge in [0, 0.05) is 6.42 Å². The lowest BCUT2D eigenvalue weighted by Gasteiger charge is -2.06. The summed E-state index contributed by atoms with van der Waals surface area (Å²) in [6, 6.07) is 8.08. The normalized spacial score (nSPS) is 10.6. The molecule has 0 saturated heterocycles. The van der Waals surface area contributed by atoms with Gasteiger partial charge in [-0.25, -0.2) is 0 Å². The molecule has 0 N–H and O–H groups in total. The van der Waals surface area contributed by atoms with Crippen molar-refractivity contribution >= 4 is 20.9 Å². The molecule has 0 unspecified atom stereocenters. The number of unbranched alkanes of at least 4 members (excludes halogenated alkanes) is 8. The molecule has 0 saturated carbocycles. The SMILES string of the molecule is CCCCCCCCCCCC(=O)O[Si]c1ccccc1C. The van der Waals surface area contributed by atoms with Gasteiger partial charge in [-0.05, 0) is 24.1 Å². The fourth-order valence-corrected chi connectivity index (χ4v) is 3.16. The Bertz CT molecular complexity index is 418. The maximum Gasteiger partial charge on any atom is 0.355 e. The third-order valence-corrected chi connectivity index (χ3v) is 5.01. The van der Waals surface area contributed by atoms with Crippen LogP contribution in [0, 0.1) is 6.92 Å². The van der Waals surface area contributed by atoms with Gasteiger partial charge in [-0.15, -0.1) is 0 Å². The summed E-state index contributed by atoms with van der Waals surface area (Å²) in [5.74, 6) is -0.0514. The topological polar surface area (TPSA) is 26.3 Å². The quantitative estimate of drug-likeness (QED) is 0.412. The second-order valence-corrected chi connectivity index (χ2v) is 6.92. The van der Waals surface area contributed by atoms with E-state index in [1.54, 1.807) is 0 Å². The van der Waals surface area contributed by atoms with E-state index in [2.05, 4.69) is 19.9 Å². The number of rotatable bonds is 12. The van der Waals surface area contributed by atoms with Crippen LogP contribution in [0.5, 0.6) is 0 Å². The van der Waals surface area contributed by atoms with Gasteiger partial charge >= 0.3 is 9.76 Å². The van der Waals surface area contributed by atoms with Crippen molar-refractivity contribution < 1.29 is 9.22 Å². The van der Waals surface area contributed by atoms with Crippen LogP contribution in [0.2, 0.25) is 0 Å². The van der Waals surface area contributed by atoms with Gasteiger partial charge in [0.05, 0.1) is 0 Å². The predicted octanol–water partition coefficient (Wildman–Crippen LogP) is 4.70. The first-order valence-corrected chi connectivity index (χ1v) is 9.66. The summed E-state index contributed by atoms with van der Waals surface area (Å²) >= 11 is 0. The maximum absolute atomic E-state index is 11.7. The van der Waals surface area contributed by atoms with Gasteiger partial charge < -0.3 is 4.43 Å². The molecule has 0 aliphatic rings. The zero-order chi connectivity index (χ0) is 16.0. The van der Waals surface area contributed by atoms with Crippen LogP contribution in [-0.4, -0.2) is 15.7 Å². The highest BCUT2D eigenvalue weighted by molar-refractivity contribution is 6.49. The van der Waals surface area contributed by atoms with Gasteiger partial charge in [-0.1, -0.05) is 82.6 Å². The Morgan fingerprint density at radius 2 is 1.55 bits per heavy atom. The number of hydrogen-bond donors (Lipinski definition) is 0. The van der Waals surface area contributed by atoms with Crippen LogP contribution in [0.4, 0.5) is 0 Å². The molecule has 0 atom stereocenters. The Balaban J connectivity index is 1.97. The highest BCUT2D eigenvalue weighted by atomic mass is 28.2. The fourth-order valence-electron chi connectivity index (χ4n) is 2.43. The summed E-state index contributed by atoms with van der Waals surface area (Å²) in [5.41, 5.74) is 1.19. The van der Waals surface area contributed by atoms with Crippen molar-refractivity contribution in [3.8, 4) is 0 Å². The van der Waals surface area contributed by atoms with Crippen LogP contribution < -0.4 is 5.19 Å². The standard InChI is InChI=1S/C19H30O2Si/c1-3-4-5-6-7-8-9-10-11-16-19(20)21-22-18-15-13-12-14-17(18)2/h12-15H,3-11,16H2,1-2H3. The van der Waals surface area contributed by atoms with E-state index < -0.39 is 0 Å². The monoisotopic (exact) mass is 318 g/mol. The third kappa shape index (κ3) is 9.03. The number of hydrogen-bond acceptors (Lipinski definition) is 2. The lowest BCUT2D eigenvalue weighted by atomic mass is 10.1. The van der Waals surface area contributed by atoms with E-state index in [9.17, 15) is 4.79 Å². The Hall–Kier alpha value is -1.09. The van der Waals surface area contributed by atoms with Crippen LogP contribution in [0.25, 0.3) is 0 Å². The first kappa shape index (κ1) is 19.0. The van der Waals surface area contributed by atoms with Crippen molar-refractivity contribution in [2.45, 2.75) is 78.1 Å². The van der Waals surface area contributed by atoms with Crippen LogP contribution in [0.1, 0.15) is 76.7 Å². The van der Waals surface area contributed by atoms with Crippen LogP contribution in [0.3, 0.4) is 0 Å². The molecular formula is C19H30O2Si. The third-order valence-electron chi connectivity index (χ3n) is 3.90. The summed E-state index contributed by atoms with van der Waals surface area (Å²) in [5, 5.41) is 1.13. The molecule has 0 bridgehead atoms. The minimum atomic E-state index is -0.0514. The van der Waals surface area contributed by atoms with Crippen molar-refractivity contribution in [2.24, 2.45) is 0 Å². The van der Waals surface area contributed by atoms with E-state index in [1.165, 1.54) is 50.5 Å². The summed E-state index contributed by atoms with van der Waals surface area (Å²) in [7, 11) is 0.146. The molecule has 0 spiro atoms. The van der Waals surface area contributed by atoms with E-state index in [0.717, 1.165) is 18.0 Å². The molecule has 3 heteroatoms. The molecule has 0 aliphatic carbocycles. The van der Waals surface area contributed by atoms with Gasteiger partial charge in [0.1, 0.15) is 0 Å². The Kier molecular flexibility index (Phi) is 10.7. The molecule has 2 radical (unpaired) electrons. The molecule has 1 rings (SSSR count). The lowest BCUT2D eigenvalue weighted by Crippen LogP contribution is -2.23. The highest BCUT2D eigenvalue weighted by Crippen LogP contribution is 2.10. The summed E-state index contributed by atoms with van der Waals surface area (Å²) in [4.78, 5) is 11.7. The maximum atomic E-state index is 11.7. The van der Waals surface area contributed by atoms with Crippen molar-refractivity contribution in [1.82, 2.24) is 0 Å². The van der Waals surface area contributed by atoms with E-state index in [0.29, 0.717) is 6.42 Å². The average molecular weight is 319 g/mol. The minimum absolute atomic E-state index is 0.0514. The molecule has 22 heavy (non-hydrogen) atoms. The van der Waals surface area contributed by atoms with Gasteiger partial charge in [-0.2, -0.15) is 0 Å². The highest BCUT2D eigenvalue weighted by Gasteiger charge is 2.06. The number of carbonyl (C=O) groups excluding carboxylic acids is 1. The van der Waals surface area contributed by atoms with E-state index in [1.807, 2.05) is 18.2 Å². The average Bonchev–Trinajstić information content (AvgIpc) is 2.52. The van der Waals surface area contributed by atoms with Gasteiger partial charge in [-0.3, -0.25) is 4.79 Å². The largest absolute Gasteiger partial charge is 0.511 e. The molecule has 0 heterocycles. The van der Waals surface area contributed by atoms with Crippen molar-refractivity contribution in [1.29, 1.82) is 0 Å². The van der Waals surface area contributed by atoms with E-state index in [4.69, 9.17) is 4.43 Å². The molecule has 2 nitrogen and oxygen atoms in total. The summed E-state index contributed by atoms with van der Waals surface area (Å²) in [6.07, 6.45) is 12.0. The Labute approximate surface area is 138 Å². The minimum Gasteiger partial charge on any atom is -0.511 e. The molecular weight excluding hydrogens is 288 g/mol. The Morgan fingerprint density at radius 3 is 2.18 bits per heavy atom. The first-order chi connectivity index (χ1) is 10.7. The fraction of sp³-hybridized carbons (Fsp3) is 0.632. The first-order valence-electron chi connectivity index (χ1n) is 8.75. The lowest BCUT2D eigenvalue weighted by molar-refractivity contribution is -0.134. The molecule has 122 valence electrons. The van der Waals surface area contributed by atoms with E-state index in [-0.39, 0.29) is 15.7 Å². The number of benzene rings is 1. The zero-order valence-electron chi connectivity index (χ0n) is 14.2.